The number of ether oxygens (including phenoxy) is 1. The van der Waals surface area contributed by atoms with Gasteiger partial charge in [0.1, 0.15) is 0 Å². The van der Waals surface area contributed by atoms with Gasteiger partial charge in [-0.1, -0.05) is 50.3 Å². The van der Waals surface area contributed by atoms with Gasteiger partial charge in [0, 0.05) is 35.5 Å². The number of benzene rings is 2. The fourth-order valence-corrected chi connectivity index (χ4v) is 5.40. The molecule has 3 heterocycles. The van der Waals surface area contributed by atoms with Crippen LogP contribution in [0, 0.1) is 5.41 Å². The number of nitrogens with zero attached hydrogens (tertiary/aromatic N) is 2. The molecule has 4 aromatic rings. The molecule has 0 radical (unpaired) electrons. The summed E-state index contributed by atoms with van der Waals surface area (Å²) in [6.07, 6.45) is 3.01. The molecule has 2 aromatic carbocycles. The number of pyridine rings is 1. The van der Waals surface area contributed by atoms with E-state index in [-0.39, 0.29) is 17.2 Å². The average molecular weight is 427 g/mol. The van der Waals surface area contributed by atoms with Crippen LogP contribution in [0.4, 0.5) is 0 Å². The predicted octanol–water partition coefficient (Wildman–Crippen LogP) is 3.17. The molecule has 0 bridgehead atoms. The van der Waals surface area contributed by atoms with Gasteiger partial charge in [-0.25, -0.2) is 0 Å². The van der Waals surface area contributed by atoms with Gasteiger partial charge in [0.05, 0.1) is 24.2 Å². The largest absolute Gasteiger partial charge is 0.494 e. The zero-order valence-corrected chi connectivity index (χ0v) is 18.4. The van der Waals surface area contributed by atoms with Crippen LogP contribution in [0.15, 0.2) is 48.5 Å². The van der Waals surface area contributed by atoms with Gasteiger partial charge in [0.25, 0.3) is 5.91 Å². The summed E-state index contributed by atoms with van der Waals surface area (Å²) >= 11 is 0. The first-order chi connectivity index (χ1) is 15.5. The van der Waals surface area contributed by atoms with Crippen LogP contribution in [0.25, 0.3) is 38.8 Å². The lowest BCUT2D eigenvalue weighted by molar-refractivity contribution is -0.129. The molecular weight excluding hydrogens is 400 g/mol. The highest BCUT2D eigenvalue weighted by Gasteiger charge is 2.34. The predicted molar refractivity (Wildman–Crippen MR) is 127 cm³/mol. The Hall–Kier alpha value is -3.31. The number of aromatic nitrogens is 1. The molecule has 5 nitrogen and oxygen atoms in total. The highest BCUT2D eigenvalue weighted by molar-refractivity contribution is 6.16. The first-order valence-electron chi connectivity index (χ1n) is 11.2. The number of carbonyl (C=O) groups excluding carboxylic acids is 1. The van der Waals surface area contributed by atoms with Gasteiger partial charge < -0.3 is 14.7 Å². The van der Waals surface area contributed by atoms with Crippen LogP contribution in [-0.4, -0.2) is 46.6 Å². The van der Waals surface area contributed by atoms with Gasteiger partial charge in [0.15, 0.2) is 5.88 Å². The normalized spacial score (nSPS) is 18.2. The molecule has 1 fully saturated rings. The zero-order chi connectivity index (χ0) is 22.0. The van der Waals surface area contributed by atoms with E-state index >= 15 is 0 Å². The van der Waals surface area contributed by atoms with Crippen molar-refractivity contribution in [1.29, 1.82) is 0 Å². The van der Waals surface area contributed by atoms with Gasteiger partial charge in [-0.2, -0.15) is 0 Å². The van der Waals surface area contributed by atoms with Crippen LogP contribution in [0.5, 0.6) is 5.88 Å². The Morgan fingerprint density at radius 3 is 2.59 bits per heavy atom. The SMILES string of the molecule is CC1(C)CC=c2c(ccc3c2cc(O)n2c4ccccc4cc32)=C1C(=O)N1CCOCC1. The van der Waals surface area contributed by atoms with Crippen LogP contribution >= 0.6 is 0 Å². The van der Waals surface area contributed by atoms with Crippen molar-refractivity contribution in [1.82, 2.24) is 9.30 Å². The van der Waals surface area contributed by atoms with E-state index in [0.29, 0.717) is 26.3 Å². The number of hydrogen-bond acceptors (Lipinski definition) is 3. The van der Waals surface area contributed by atoms with Crippen LogP contribution in [-0.2, 0) is 9.53 Å². The molecule has 2 aliphatic rings. The van der Waals surface area contributed by atoms with Crippen LogP contribution < -0.4 is 10.4 Å². The van der Waals surface area contributed by atoms with Crippen molar-refractivity contribution in [3.05, 3.63) is 59.0 Å². The molecule has 5 heteroatoms. The Morgan fingerprint density at radius 1 is 1.00 bits per heavy atom. The minimum Gasteiger partial charge on any atom is -0.494 e. The summed E-state index contributed by atoms with van der Waals surface area (Å²) in [5, 5.41) is 16.2. The standard InChI is InChI=1S/C27H26N2O3/c1-27(2)10-9-18-20(25(27)26(31)28-11-13-32-14-12-28)8-7-19-21(18)16-24(30)29-22-6-4-3-5-17(22)15-23(19)29/h3-9,15-16,30H,10-14H2,1-2H3. The Balaban J connectivity index is 1.69. The molecular formula is C27H26N2O3. The van der Waals surface area contributed by atoms with E-state index in [1.54, 1.807) is 0 Å². The fraction of sp³-hybridized carbons (Fsp3) is 0.296. The third-order valence-corrected chi connectivity index (χ3v) is 7.05. The first kappa shape index (κ1) is 19.4. The van der Waals surface area contributed by atoms with E-state index in [1.807, 2.05) is 33.6 Å². The molecule has 1 aliphatic heterocycles. The number of carbonyl (C=O) groups is 1. The van der Waals surface area contributed by atoms with E-state index < -0.39 is 0 Å². The number of rotatable bonds is 1. The molecule has 0 spiro atoms. The third kappa shape index (κ3) is 2.71. The summed E-state index contributed by atoms with van der Waals surface area (Å²) < 4.78 is 7.36. The van der Waals surface area contributed by atoms with Crippen molar-refractivity contribution in [2.75, 3.05) is 26.3 Å². The lowest BCUT2D eigenvalue weighted by Crippen LogP contribution is -2.47. The lowest BCUT2D eigenvalue weighted by Gasteiger charge is -2.35. The molecule has 1 saturated heterocycles. The molecule has 2 aromatic heterocycles. The van der Waals surface area contributed by atoms with Gasteiger partial charge in [-0.3, -0.25) is 9.20 Å². The highest BCUT2D eigenvalue weighted by atomic mass is 16.5. The molecule has 6 rings (SSSR count). The summed E-state index contributed by atoms with van der Waals surface area (Å²) in [4.78, 5) is 15.5. The zero-order valence-electron chi connectivity index (χ0n) is 18.4. The molecule has 1 N–H and O–H groups in total. The number of hydrogen-bond donors (Lipinski definition) is 1. The van der Waals surface area contributed by atoms with Gasteiger partial charge in [-0.05, 0) is 39.8 Å². The topological polar surface area (TPSA) is 54.2 Å². The number of fused-ring (bicyclic) bond motifs is 7. The highest BCUT2D eigenvalue weighted by Crippen LogP contribution is 2.35. The van der Waals surface area contributed by atoms with E-state index in [4.69, 9.17) is 4.74 Å². The maximum absolute atomic E-state index is 13.6. The average Bonchev–Trinajstić information content (AvgIpc) is 3.19. The van der Waals surface area contributed by atoms with Crippen molar-refractivity contribution in [3.63, 3.8) is 0 Å². The number of aromatic hydroxyl groups is 1. The Bertz CT molecular complexity index is 1540. The van der Waals surface area contributed by atoms with Crippen LogP contribution in [0.2, 0.25) is 0 Å². The molecule has 0 atom stereocenters. The van der Waals surface area contributed by atoms with Crippen molar-refractivity contribution >= 4 is 44.7 Å². The second-order valence-corrected chi connectivity index (χ2v) is 9.49. The van der Waals surface area contributed by atoms with E-state index in [1.165, 1.54) is 0 Å². The maximum Gasteiger partial charge on any atom is 0.251 e. The van der Waals surface area contributed by atoms with E-state index in [0.717, 1.165) is 49.6 Å². The third-order valence-electron chi connectivity index (χ3n) is 7.05. The minimum atomic E-state index is -0.258. The molecule has 162 valence electrons. The Morgan fingerprint density at radius 2 is 1.78 bits per heavy atom. The minimum absolute atomic E-state index is 0.103. The molecule has 32 heavy (non-hydrogen) atoms. The monoisotopic (exact) mass is 426 g/mol. The first-order valence-corrected chi connectivity index (χ1v) is 11.2. The van der Waals surface area contributed by atoms with E-state index in [2.05, 4.69) is 44.2 Å². The molecule has 0 saturated carbocycles. The number of para-hydroxylation sites is 1. The molecule has 1 amide bonds. The van der Waals surface area contributed by atoms with Crippen molar-refractivity contribution in [3.8, 4) is 5.88 Å². The van der Waals surface area contributed by atoms with Crippen molar-refractivity contribution < 1.29 is 14.6 Å². The number of amides is 1. The Kier molecular flexibility index (Phi) is 4.14. The van der Waals surface area contributed by atoms with Gasteiger partial charge in [0.2, 0.25) is 0 Å². The summed E-state index contributed by atoms with van der Waals surface area (Å²) in [6.45, 7) is 6.72. The fourth-order valence-electron chi connectivity index (χ4n) is 5.40. The van der Waals surface area contributed by atoms with E-state index in [9.17, 15) is 9.90 Å². The van der Waals surface area contributed by atoms with Gasteiger partial charge in [-0.15, -0.1) is 0 Å². The van der Waals surface area contributed by atoms with Crippen molar-refractivity contribution in [2.24, 2.45) is 5.41 Å². The van der Waals surface area contributed by atoms with Gasteiger partial charge >= 0.3 is 0 Å². The lowest BCUT2D eigenvalue weighted by atomic mass is 9.75. The van der Waals surface area contributed by atoms with Crippen LogP contribution in [0.1, 0.15) is 20.3 Å². The molecule has 1 aliphatic carbocycles. The Labute approximate surface area is 185 Å². The van der Waals surface area contributed by atoms with Crippen LogP contribution in [0.3, 0.4) is 0 Å². The van der Waals surface area contributed by atoms with Crippen molar-refractivity contribution in [2.45, 2.75) is 20.3 Å². The summed E-state index contributed by atoms with van der Waals surface area (Å²) in [5.74, 6) is 0.312. The summed E-state index contributed by atoms with van der Waals surface area (Å²) in [5.41, 5.74) is 2.56. The summed E-state index contributed by atoms with van der Waals surface area (Å²) in [7, 11) is 0. The maximum atomic E-state index is 13.6. The number of morpholine rings is 1. The second kappa shape index (κ2) is 6.84. The second-order valence-electron chi connectivity index (χ2n) is 9.49. The molecule has 0 unspecified atom stereocenters. The smallest absolute Gasteiger partial charge is 0.251 e. The summed E-state index contributed by atoms with van der Waals surface area (Å²) in [6, 6.07) is 16.2. The quantitative estimate of drug-likeness (QED) is 0.509.